The van der Waals surface area contributed by atoms with Crippen LogP contribution in [-0.4, -0.2) is 50.8 Å². The first-order valence-electron chi connectivity index (χ1n) is 8.86. The number of amides is 1. The summed E-state index contributed by atoms with van der Waals surface area (Å²) in [5.41, 5.74) is 0.232. The van der Waals surface area contributed by atoms with Crippen LogP contribution < -0.4 is 10.6 Å². The lowest BCUT2D eigenvalue weighted by Gasteiger charge is -2.35. The Hall–Kier alpha value is -1.92. The van der Waals surface area contributed by atoms with Crippen LogP contribution in [-0.2, 0) is 25.5 Å². The standard InChI is InChI=1S/C19H28N2O4/c1-3-25-17(22)16(13-15-7-5-4-6-8-15)14-21-18(23)19(24-2)9-11-20-12-10-19/h4-8,16,20H,3,9-14H2,1-2H3,(H,21,23). The molecule has 0 bridgehead atoms. The zero-order valence-corrected chi connectivity index (χ0v) is 15.0. The third-order valence-corrected chi connectivity index (χ3v) is 4.67. The highest BCUT2D eigenvalue weighted by molar-refractivity contribution is 5.86. The molecule has 1 saturated heterocycles. The molecule has 1 heterocycles. The largest absolute Gasteiger partial charge is 0.466 e. The van der Waals surface area contributed by atoms with Crippen LogP contribution in [0.2, 0.25) is 0 Å². The second-order valence-electron chi connectivity index (χ2n) is 6.30. The SMILES string of the molecule is CCOC(=O)C(CNC(=O)C1(OC)CCNCC1)Cc1ccccc1. The van der Waals surface area contributed by atoms with Crippen LogP contribution in [0.15, 0.2) is 30.3 Å². The number of carbonyl (C=O) groups is 2. The fraction of sp³-hybridized carbons (Fsp3) is 0.579. The van der Waals surface area contributed by atoms with Crippen molar-refractivity contribution in [2.75, 3.05) is 33.4 Å². The smallest absolute Gasteiger partial charge is 0.311 e. The highest BCUT2D eigenvalue weighted by Gasteiger charge is 2.40. The van der Waals surface area contributed by atoms with E-state index in [1.165, 1.54) is 0 Å². The minimum atomic E-state index is -0.808. The number of piperidine rings is 1. The Morgan fingerprint density at radius 2 is 1.92 bits per heavy atom. The normalized spacial score (nSPS) is 17.5. The molecule has 2 N–H and O–H groups in total. The molecule has 1 aliphatic rings. The van der Waals surface area contributed by atoms with Gasteiger partial charge < -0.3 is 20.1 Å². The molecule has 0 spiro atoms. The first-order valence-corrected chi connectivity index (χ1v) is 8.86. The lowest BCUT2D eigenvalue weighted by molar-refractivity contribution is -0.150. The average molecular weight is 348 g/mol. The van der Waals surface area contributed by atoms with E-state index in [1.807, 2.05) is 30.3 Å². The van der Waals surface area contributed by atoms with Crippen molar-refractivity contribution < 1.29 is 19.1 Å². The number of carbonyl (C=O) groups excluding carboxylic acids is 2. The van der Waals surface area contributed by atoms with Crippen molar-refractivity contribution in [3.8, 4) is 0 Å². The van der Waals surface area contributed by atoms with E-state index in [-0.39, 0.29) is 18.4 Å². The molecule has 1 aliphatic heterocycles. The molecular formula is C19H28N2O4. The Bertz CT molecular complexity index is 556. The van der Waals surface area contributed by atoms with Crippen molar-refractivity contribution in [2.45, 2.75) is 31.8 Å². The van der Waals surface area contributed by atoms with Gasteiger partial charge in [0.2, 0.25) is 0 Å². The van der Waals surface area contributed by atoms with Gasteiger partial charge >= 0.3 is 5.97 Å². The summed E-state index contributed by atoms with van der Waals surface area (Å²) in [6, 6.07) is 9.75. The third kappa shape index (κ3) is 5.28. The molecule has 1 unspecified atom stereocenters. The van der Waals surface area contributed by atoms with E-state index in [1.54, 1.807) is 14.0 Å². The monoisotopic (exact) mass is 348 g/mol. The van der Waals surface area contributed by atoms with Gasteiger partial charge in [0.15, 0.2) is 0 Å². The zero-order valence-electron chi connectivity index (χ0n) is 15.0. The van der Waals surface area contributed by atoms with E-state index in [0.717, 1.165) is 18.7 Å². The zero-order chi connectivity index (χ0) is 18.1. The summed E-state index contributed by atoms with van der Waals surface area (Å²) in [4.78, 5) is 24.9. The maximum absolute atomic E-state index is 12.7. The highest BCUT2D eigenvalue weighted by Crippen LogP contribution is 2.22. The van der Waals surface area contributed by atoms with Crippen LogP contribution in [0.3, 0.4) is 0 Å². The van der Waals surface area contributed by atoms with Gasteiger partial charge in [-0.3, -0.25) is 9.59 Å². The van der Waals surface area contributed by atoms with Crippen molar-refractivity contribution in [1.82, 2.24) is 10.6 Å². The molecule has 1 amide bonds. The summed E-state index contributed by atoms with van der Waals surface area (Å²) >= 11 is 0. The minimum Gasteiger partial charge on any atom is -0.466 e. The molecule has 1 aromatic carbocycles. The van der Waals surface area contributed by atoms with Gasteiger partial charge in [-0.1, -0.05) is 30.3 Å². The Morgan fingerprint density at radius 3 is 2.52 bits per heavy atom. The van der Waals surface area contributed by atoms with Crippen LogP contribution in [0.1, 0.15) is 25.3 Å². The molecule has 6 heteroatoms. The van der Waals surface area contributed by atoms with E-state index < -0.39 is 11.5 Å². The lowest BCUT2D eigenvalue weighted by Crippen LogP contribution is -2.55. The van der Waals surface area contributed by atoms with Gasteiger partial charge in [-0.2, -0.15) is 0 Å². The summed E-state index contributed by atoms with van der Waals surface area (Å²) in [6.45, 7) is 3.83. The number of hydrogen-bond donors (Lipinski definition) is 2. The number of esters is 1. The molecular weight excluding hydrogens is 320 g/mol. The minimum absolute atomic E-state index is 0.154. The highest BCUT2D eigenvalue weighted by atomic mass is 16.5. The van der Waals surface area contributed by atoms with Gasteiger partial charge in [0, 0.05) is 13.7 Å². The topological polar surface area (TPSA) is 76.7 Å². The molecule has 1 aromatic rings. The fourth-order valence-electron chi connectivity index (χ4n) is 3.13. The number of methoxy groups -OCH3 is 1. The van der Waals surface area contributed by atoms with Gasteiger partial charge in [0.05, 0.1) is 12.5 Å². The van der Waals surface area contributed by atoms with E-state index >= 15 is 0 Å². The molecule has 0 aliphatic carbocycles. The van der Waals surface area contributed by atoms with E-state index in [0.29, 0.717) is 25.9 Å². The van der Waals surface area contributed by atoms with E-state index in [4.69, 9.17) is 9.47 Å². The molecule has 138 valence electrons. The summed E-state index contributed by atoms with van der Waals surface area (Å²) in [5.74, 6) is -0.857. The Labute approximate surface area is 149 Å². The second kappa shape index (κ2) is 9.53. The summed E-state index contributed by atoms with van der Waals surface area (Å²) < 4.78 is 10.7. The molecule has 0 saturated carbocycles. The van der Waals surface area contributed by atoms with Gasteiger partial charge in [-0.05, 0) is 44.8 Å². The Kier molecular flexibility index (Phi) is 7.40. The summed E-state index contributed by atoms with van der Waals surface area (Å²) in [5, 5.41) is 6.14. The quantitative estimate of drug-likeness (QED) is 0.693. The number of rotatable bonds is 8. The van der Waals surface area contributed by atoms with Crippen LogP contribution in [0.4, 0.5) is 0 Å². The number of ether oxygens (including phenoxy) is 2. The Balaban J connectivity index is 2.00. The van der Waals surface area contributed by atoms with Crippen molar-refractivity contribution in [3.63, 3.8) is 0 Å². The average Bonchev–Trinajstić information content (AvgIpc) is 2.66. The first-order chi connectivity index (χ1) is 12.1. The van der Waals surface area contributed by atoms with Gasteiger partial charge in [-0.25, -0.2) is 0 Å². The number of benzene rings is 1. The van der Waals surface area contributed by atoms with Crippen LogP contribution in [0, 0.1) is 5.92 Å². The summed E-state index contributed by atoms with van der Waals surface area (Å²) in [6.07, 6.45) is 1.78. The van der Waals surface area contributed by atoms with E-state index in [9.17, 15) is 9.59 Å². The fourth-order valence-corrected chi connectivity index (χ4v) is 3.13. The lowest BCUT2D eigenvalue weighted by atomic mass is 9.90. The van der Waals surface area contributed by atoms with Gasteiger partial charge in [-0.15, -0.1) is 0 Å². The maximum Gasteiger partial charge on any atom is 0.311 e. The van der Waals surface area contributed by atoms with Crippen molar-refractivity contribution >= 4 is 11.9 Å². The van der Waals surface area contributed by atoms with E-state index in [2.05, 4.69) is 10.6 Å². The van der Waals surface area contributed by atoms with Crippen LogP contribution in [0.25, 0.3) is 0 Å². The molecule has 0 aromatic heterocycles. The van der Waals surface area contributed by atoms with Crippen LogP contribution >= 0.6 is 0 Å². The van der Waals surface area contributed by atoms with Crippen LogP contribution in [0.5, 0.6) is 0 Å². The van der Waals surface area contributed by atoms with Crippen molar-refractivity contribution in [1.29, 1.82) is 0 Å². The second-order valence-corrected chi connectivity index (χ2v) is 6.30. The maximum atomic E-state index is 12.7. The number of nitrogens with one attached hydrogen (secondary N) is 2. The predicted molar refractivity (Wildman–Crippen MR) is 95.1 cm³/mol. The number of hydrogen-bond acceptors (Lipinski definition) is 5. The third-order valence-electron chi connectivity index (χ3n) is 4.67. The first kappa shape index (κ1) is 19.4. The predicted octanol–water partition coefficient (Wildman–Crippen LogP) is 1.29. The van der Waals surface area contributed by atoms with Gasteiger partial charge in [0.25, 0.3) is 5.91 Å². The van der Waals surface area contributed by atoms with Gasteiger partial charge in [0.1, 0.15) is 5.60 Å². The molecule has 1 atom stereocenters. The molecule has 2 rings (SSSR count). The summed E-state index contributed by atoms with van der Waals surface area (Å²) in [7, 11) is 1.57. The molecule has 6 nitrogen and oxygen atoms in total. The molecule has 0 radical (unpaired) electrons. The molecule has 25 heavy (non-hydrogen) atoms. The Morgan fingerprint density at radius 1 is 1.24 bits per heavy atom. The molecule has 1 fully saturated rings. The van der Waals surface area contributed by atoms with Crippen molar-refractivity contribution in [3.05, 3.63) is 35.9 Å². The van der Waals surface area contributed by atoms with Crippen molar-refractivity contribution in [2.24, 2.45) is 5.92 Å².